The van der Waals surface area contributed by atoms with E-state index < -0.39 is 20.9 Å². The molecule has 1 N–H and O–H groups in total. The summed E-state index contributed by atoms with van der Waals surface area (Å²) in [5.74, 6) is -0.0190. The second-order valence-electron chi connectivity index (χ2n) is 7.39. The van der Waals surface area contributed by atoms with E-state index >= 15 is 0 Å². The lowest BCUT2D eigenvalue weighted by molar-refractivity contribution is -0.384. The van der Waals surface area contributed by atoms with Crippen molar-refractivity contribution in [1.29, 1.82) is 0 Å². The van der Waals surface area contributed by atoms with Gasteiger partial charge in [0, 0.05) is 23.7 Å². The van der Waals surface area contributed by atoms with Gasteiger partial charge in [0.05, 0.1) is 15.6 Å². The van der Waals surface area contributed by atoms with Gasteiger partial charge in [-0.25, -0.2) is 5.43 Å². The first-order chi connectivity index (χ1) is 17.7. The van der Waals surface area contributed by atoms with Gasteiger partial charge in [0.15, 0.2) is 12.4 Å². The topological polar surface area (TPSA) is 150 Å². The standard InChI is InChI=1S/C24H17BrN4O7S/c25-20-13-16(6-11-21(20)36-37(33,34)19-9-7-18(8-10-19)29(31)32)14-27-28-23(30)15-35-22-5-1-3-17-4-2-12-26-24(17)22/h1-14H,15H2,(H,28,30)/b27-14-. The van der Waals surface area contributed by atoms with Gasteiger partial charge in [-0.3, -0.25) is 19.9 Å². The second kappa shape index (κ2) is 11.1. The van der Waals surface area contributed by atoms with E-state index in [0.29, 0.717) is 21.3 Å². The molecule has 0 aliphatic rings. The summed E-state index contributed by atoms with van der Waals surface area (Å²) in [5.41, 5.74) is 3.28. The van der Waals surface area contributed by atoms with Gasteiger partial charge in [0.1, 0.15) is 16.2 Å². The molecule has 4 aromatic rings. The number of hydrazone groups is 1. The number of aromatic nitrogens is 1. The first-order valence-electron chi connectivity index (χ1n) is 10.5. The molecule has 1 heterocycles. The maximum Gasteiger partial charge on any atom is 0.339 e. The average molecular weight is 585 g/mol. The van der Waals surface area contributed by atoms with Gasteiger partial charge in [0.25, 0.3) is 11.6 Å². The summed E-state index contributed by atoms with van der Waals surface area (Å²) in [6.07, 6.45) is 3.00. The Morgan fingerprint density at radius 2 is 1.84 bits per heavy atom. The molecular weight excluding hydrogens is 568 g/mol. The summed E-state index contributed by atoms with van der Waals surface area (Å²) in [6, 6.07) is 17.9. The zero-order valence-corrected chi connectivity index (χ0v) is 21.2. The zero-order chi connectivity index (χ0) is 26.4. The van der Waals surface area contributed by atoms with Crippen LogP contribution < -0.4 is 14.3 Å². The Morgan fingerprint density at radius 1 is 1.08 bits per heavy atom. The number of para-hydroxylation sites is 1. The predicted molar refractivity (Wildman–Crippen MR) is 138 cm³/mol. The Balaban J connectivity index is 1.34. The summed E-state index contributed by atoms with van der Waals surface area (Å²) in [7, 11) is -4.22. The number of ether oxygens (including phenoxy) is 1. The molecule has 188 valence electrons. The van der Waals surface area contributed by atoms with E-state index in [1.54, 1.807) is 18.3 Å². The molecule has 0 spiro atoms. The molecule has 0 fully saturated rings. The quantitative estimate of drug-likeness (QED) is 0.133. The van der Waals surface area contributed by atoms with E-state index in [0.717, 1.165) is 29.7 Å². The van der Waals surface area contributed by atoms with Crippen molar-refractivity contribution in [2.45, 2.75) is 4.90 Å². The molecule has 37 heavy (non-hydrogen) atoms. The molecular formula is C24H17BrN4O7S. The van der Waals surface area contributed by atoms with Crippen LogP contribution in [0.25, 0.3) is 10.9 Å². The Hall–Kier alpha value is -4.36. The molecule has 11 nitrogen and oxygen atoms in total. The number of pyridine rings is 1. The summed E-state index contributed by atoms with van der Waals surface area (Å²) >= 11 is 3.24. The van der Waals surface area contributed by atoms with Crippen LogP contribution in [0.15, 0.2) is 93.5 Å². The minimum atomic E-state index is -4.22. The normalized spacial score (nSPS) is 11.4. The number of amides is 1. The average Bonchev–Trinajstić information content (AvgIpc) is 2.89. The molecule has 0 radical (unpaired) electrons. The van der Waals surface area contributed by atoms with Crippen molar-refractivity contribution in [2.75, 3.05) is 6.61 Å². The van der Waals surface area contributed by atoms with Gasteiger partial charge in [-0.15, -0.1) is 0 Å². The fourth-order valence-electron chi connectivity index (χ4n) is 3.11. The number of carbonyl (C=O) groups is 1. The lowest BCUT2D eigenvalue weighted by Gasteiger charge is -2.09. The smallest absolute Gasteiger partial charge is 0.339 e. The van der Waals surface area contributed by atoms with Crippen LogP contribution in [0.4, 0.5) is 5.69 Å². The molecule has 1 amide bonds. The molecule has 4 rings (SSSR count). The van der Waals surface area contributed by atoms with E-state index in [2.05, 4.69) is 31.4 Å². The third-order valence-electron chi connectivity index (χ3n) is 4.85. The van der Waals surface area contributed by atoms with E-state index in [4.69, 9.17) is 8.92 Å². The molecule has 1 aromatic heterocycles. The number of hydrogen-bond donors (Lipinski definition) is 1. The number of non-ortho nitro benzene ring substituents is 1. The Kier molecular flexibility index (Phi) is 7.74. The van der Waals surface area contributed by atoms with Crippen LogP contribution in [0, 0.1) is 10.1 Å². The number of nitro groups is 1. The molecule has 0 saturated heterocycles. The fourth-order valence-corrected chi connectivity index (χ4v) is 4.64. The van der Waals surface area contributed by atoms with E-state index in [9.17, 15) is 23.3 Å². The molecule has 13 heteroatoms. The van der Waals surface area contributed by atoms with Crippen LogP contribution in [0.3, 0.4) is 0 Å². The monoisotopic (exact) mass is 584 g/mol. The number of carbonyl (C=O) groups excluding carboxylic acids is 1. The highest BCUT2D eigenvalue weighted by Crippen LogP contribution is 2.29. The van der Waals surface area contributed by atoms with Gasteiger partial charge >= 0.3 is 10.1 Å². The number of benzene rings is 3. The number of fused-ring (bicyclic) bond motifs is 1. The Labute approximate surface area is 219 Å². The number of hydrogen-bond acceptors (Lipinski definition) is 9. The van der Waals surface area contributed by atoms with Crippen LogP contribution in [0.2, 0.25) is 0 Å². The summed E-state index contributed by atoms with van der Waals surface area (Å²) in [6.45, 7) is -0.274. The number of nitrogens with zero attached hydrogens (tertiary/aromatic N) is 3. The van der Waals surface area contributed by atoms with Crippen molar-refractivity contribution in [3.8, 4) is 11.5 Å². The van der Waals surface area contributed by atoms with Crippen LogP contribution in [0.5, 0.6) is 11.5 Å². The van der Waals surface area contributed by atoms with Gasteiger partial charge in [-0.2, -0.15) is 13.5 Å². The number of halogens is 1. The maximum atomic E-state index is 12.5. The predicted octanol–water partition coefficient (Wildman–Crippen LogP) is 4.20. The van der Waals surface area contributed by atoms with Crippen molar-refractivity contribution >= 4 is 54.8 Å². The SMILES string of the molecule is O=C(COc1cccc2cccnc12)N/N=C\c1ccc(OS(=O)(=O)c2ccc([N+](=O)[O-])cc2)c(Br)c1. The van der Waals surface area contributed by atoms with Gasteiger partial charge in [-0.05, 0) is 64.0 Å². The van der Waals surface area contributed by atoms with Crippen LogP contribution in [-0.4, -0.2) is 37.1 Å². The minimum absolute atomic E-state index is 0.00312. The van der Waals surface area contributed by atoms with Crippen LogP contribution in [-0.2, 0) is 14.9 Å². The van der Waals surface area contributed by atoms with E-state index in [1.807, 2.05) is 18.2 Å². The lowest BCUT2D eigenvalue weighted by atomic mass is 10.2. The van der Waals surface area contributed by atoms with Crippen molar-refractivity contribution in [3.05, 3.63) is 99.1 Å². The van der Waals surface area contributed by atoms with Gasteiger partial charge in [-0.1, -0.05) is 18.2 Å². The lowest BCUT2D eigenvalue weighted by Crippen LogP contribution is -2.24. The first kappa shape index (κ1) is 25.7. The van der Waals surface area contributed by atoms with E-state index in [-0.39, 0.29) is 22.9 Å². The van der Waals surface area contributed by atoms with Crippen molar-refractivity contribution in [1.82, 2.24) is 10.4 Å². The van der Waals surface area contributed by atoms with Crippen molar-refractivity contribution in [2.24, 2.45) is 5.10 Å². The third kappa shape index (κ3) is 6.45. The zero-order valence-electron chi connectivity index (χ0n) is 18.8. The molecule has 0 atom stereocenters. The number of nitrogens with one attached hydrogen (secondary N) is 1. The van der Waals surface area contributed by atoms with Gasteiger partial charge < -0.3 is 8.92 Å². The second-order valence-corrected chi connectivity index (χ2v) is 9.79. The molecule has 0 aliphatic carbocycles. The van der Waals surface area contributed by atoms with Crippen LogP contribution >= 0.6 is 15.9 Å². The maximum absolute atomic E-state index is 12.5. The van der Waals surface area contributed by atoms with Crippen molar-refractivity contribution < 1.29 is 27.1 Å². The van der Waals surface area contributed by atoms with E-state index in [1.165, 1.54) is 24.4 Å². The molecule has 0 saturated carbocycles. The Bertz CT molecular complexity index is 1600. The van der Waals surface area contributed by atoms with Crippen LogP contribution in [0.1, 0.15) is 5.56 Å². The summed E-state index contributed by atoms with van der Waals surface area (Å²) < 4.78 is 36.0. The van der Waals surface area contributed by atoms with Gasteiger partial charge in [0.2, 0.25) is 0 Å². The molecule has 3 aromatic carbocycles. The highest BCUT2D eigenvalue weighted by atomic mass is 79.9. The highest BCUT2D eigenvalue weighted by Gasteiger charge is 2.19. The summed E-state index contributed by atoms with van der Waals surface area (Å²) in [5, 5.41) is 15.5. The minimum Gasteiger partial charge on any atom is -0.481 e. The molecule has 0 bridgehead atoms. The Morgan fingerprint density at radius 3 is 2.57 bits per heavy atom. The molecule has 0 aliphatic heterocycles. The fraction of sp³-hybridized carbons (Fsp3) is 0.0417. The first-order valence-corrected chi connectivity index (χ1v) is 12.7. The highest BCUT2D eigenvalue weighted by molar-refractivity contribution is 9.10. The molecule has 0 unspecified atom stereocenters. The van der Waals surface area contributed by atoms with Crippen molar-refractivity contribution in [3.63, 3.8) is 0 Å². The number of rotatable bonds is 9. The number of nitro benzene ring substituents is 1. The third-order valence-corrected chi connectivity index (χ3v) is 6.72. The summed E-state index contributed by atoms with van der Waals surface area (Å²) in [4.78, 5) is 26.3. The largest absolute Gasteiger partial charge is 0.481 e.